The molecular formula is C7H11NO. The predicted octanol–water partition coefficient (Wildman–Crippen LogP) is 0.697. The Labute approximate surface area is 54.9 Å². The third-order valence-corrected chi connectivity index (χ3v) is 1.61. The van der Waals surface area contributed by atoms with Gasteiger partial charge in [-0.25, -0.2) is 0 Å². The Morgan fingerprint density at radius 1 is 1.56 bits per heavy atom. The highest BCUT2D eigenvalue weighted by Gasteiger charge is 2.19. The van der Waals surface area contributed by atoms with Crippen LogP contribution in [0.1, 0.15) is 13.8 Å². The second kappa shape index (κ2) is 2.21. The molecule has 2 unspecified atom stereocenters. The summed E-state index contributed by atoms with van der Waals surface area (Å²) >= 11 is 0. The topological polar surface area (TPSA) is 29.1 Å². The smallest absolute Gasteiger partial charge is 0.161 e. The first-order chi connectivity index (χ1) is 4.22. The first-order valence-corrected chi connectivity index (χ1v) is 3.18. The van der Waals surface area contributed by atoms with E-state index < -0.39 is 0 Å². The van der Waals surface area contributed by atoms with Gasteiger partial charge in [-0.2, -0.15) is 0 Å². The lowest BCUT2D eigenvalue weighted by atomic mass is 9.99. The molecule has 0 aromatic rings. The van der Waals surface area contributed by atoms with Crippen LogP contribution in [0.4, 0.5) is 0 Å². The van der Waals surface area contributed by atoms with Gasteiger partial charge < -0.3 is 5.32 Å². The molecule has 0 aliphatic carbocycles. The second-order valence-corrected chi connectivity index (χ2v) is 2.44. The van der Waals surface area contributed by atoms with E-state index in [1.807, 2.05) is 26.1 Å². The minimum Gasteiger partial charge on any atom is -0.382 e. The molecule has 1 heterocycles. The molecule has 0 fully saturated rings. The molecule has 0 saturated carbocycles. The molecule has 9 heavy (non-hydrogen) atoms. The molecule has 0 aromatic heterocycles. The molecule has 1 aliphatic heterocycles. The van der Waals surface area contributed by atoms with E-state index in [9.17, 15) is 4.79 Å². The van der Waals surface area contributed by atoms with Crippen molar-refractivity contribution in [2.75, 3.05) is 0 Å². The van der Waals surface area contributed by atoms with Gasteiger partial charge >= 0.3 is 0 Å². The normalized spacial score (nSPS) is 34.2. The fourth-order valence-corrected chi connectivity index (χ4v) is 0.916. The van der Waals surface area contributed by atoms with Crippen molar-refractivity contribution in [3.63, 3.8) is 0 Å². The molecule has 2 atom stereocenters. The lowest BCUT2D eigenvalue weighted by molar-refractivity contribution is -0.122. The summed E-state index contributed by atoms with van der Waals surface area (Å²) in [6.45, 7) is 3.79. The van der Waals surface area contributed by atoms with E-state index in [0.29, 0.717) is 0 Å². The van der Waals surface area contributed by atoms with Gasteiger partial charge in [0.15, 0.2) is 5.78 Å². The van der Waals surface area contributed by atoms with Gasteiger partial charge in [-0.15, -0.1) is 0 Å². The van der Waals surface area contributed by atoms with Crippen LogP contribution >= 0.6 is 0 Å². The quantitative estimate of drug-likeness (QED) is 0.516. The molecule has 0 bridgehead atoms. The largest absolute Gasteiger partial charge is 0.382 e. The standard InChI is InChI=1S/C7H11NO/c1-5-3-4-8-6(2)7(5)9/h3-6,8H,1-2H3. The highest BCUT2D eigenvalue weighted by Crippen LogP contribution is 2.06. The van der Waals surface area contributed by atoms with E-state index in [4.69, 9.17) is 0 Å². The number of allylic oxidation sites excluding steroid dienone is 1. The van der Waals surface area contributed by atoms with Crippen molar-refractivity contribution >= 4 is 5.78 Å². The Bertz CT molecular complexity index is 151. The van der Waals surface area contributed by atoms with Crippen LogP contribution in [0.2, 0.25) is 0 Å². The second-order valence-electron chi connectivity index (χ2n) is 2.44. The Balaban J connectivity index is 2.69. The fraction of sp³-hybridized carbons (Fsp3) is 0.571. The van der Waals surface area contributed by atoms with Crippen LogP contribution in [0.25, 0.3) is 0 Å². The molecule has 2 nitrogen and oxygen atoms in total. The molecule has 0 radical (unpaired) electrons. The summed E-state index contributed by atoms with van der Waals surface area (Å²) in [6.07, 6.45) is 3.72. The Hall–Kier alpha value is -0.790. The molecule has 1 N–H and O–H groups in total. The van der Waals surface area contributed by atoms with Crippen LogP contribution in [-0.4, -0.2) is 11.8 Å². The molecule has 1 aliphatic rings. The summed E-state index contributed by atoms with van der Waals surface area (Å²) in [5, 5.41) is 2.93. The lowest BCUT2D eigenvalue weighted by Crippen LogP contribution is -2.36. The molecule has 0 amide bonds. The average Bonchev–Trinajstić information content (AvgIpc) is 1.83. The van der Waals surface area contributed by atoms with Crippen LogP contribution in [0, 0.1) is 5.92 Å². The number of Topliss-reactive ketones (excluding diaryl/α,β-unsaturated/α-hetero) is 1. The van der Waals surface area contributed by atoms with E-state index in [2.05, 4.69) is 5.32 Å². The minimum atomic E-state index is 0.00463. The van der Waals surface area contributed by atoms with Crippen LogP contribution in [-0.2, 0) is 4.79 Å². The van der Waals surface area contributed by atoms with Crippen LogP contribution in [0.5, 0.6) is 0 Å². The van der Waals surface area contributed by atoms with Gasteiger partial charge in [0.2, 0.25) is 0 Å². The number of hydrogen-bond donors (Lipinski definition) is 1. The SMILES string of the molecule is CC1C=CNC(C)C1=O. The van der Waals surface area contributed by atoms with Crippen molar-refractivity contribution < 1.29 is 4.79 Å². The van der Waals surface area contributed by atoms with E-state index in [1.165, 1.54) is 0 Å². The van der Waals surface area contributed by atoms with Crippen molar-refractivity contribution in [1.82, 2.24) is 5.32 Å². The van der Waals surface area contributed by atoms with Gasteiger partial charge in [-0.1, -0.05) is 13.0 Å². The van der Waals surface area contributed by atoms with Crippen molar-refractivity contribution in [2.45, 2.75) is 19.9 Å². The zero-order valence-electron chi connectivity index (χ0n) is 5.72. The minimum absolute atomic E-state index is 0.00463. The summed E-state index contributed by atoms with van der Waals surface area (Å²) < 4.78 is 0. The Kier molecular flexibility index (Phi) is 1.56. The maximum Gasteiger partial charge on any atom is 0.161 e. The highest BCUT2D eigenvalue weighted by molar-refractivity contribution is 5.88. The van der Waals surface area contributed by atoms with E-state index in [1.54, 1.807) is 0 Å². The molecule has 2 heteroatoms. The summed E-state index contributed by atoms with van der Waals surface area (Å²) in [6, 6.07) is 0.00463. The average molecular weight is 125 g/mol. The summed E-state index contributed by atoms with van der Waals surface area (Å²) in [5.74, 6) is 0.374. The number of nitrogens with one attached hydrogen (secondary N) is 1. The van der Waals surface area contributed by atoms with Crippen molar-refractivity contribution in [1.29, 1.82) is 0 Å². The van der Waals surface area contributed by atoms with Crippen LogP contribution < -0.4 is 5.32 Å². The molecule has 0 saturated heterocycles. The molecule has 1 rings (SSSR count). The number of ketones is 1. The van der Waals surface area contributed by atoms with Gasteiger partial charge in [0.1, 0.15) is 0 Å². The Morgan fingerprint density at radius 2 is 2.22 bits per heavy atom. The molecule has 0 spiro atoms. The fourth-order valence-electron chi connectivity index (χ4n) is 0.916. The zero-order chi connectivity index (χ0) is 6.85. The van der Waals surface area contributed by atoms with Gasteiger partial charge in [-0.05, 0) is 13.1 Å². The van der Waals surface area contributed by atoms with Crippen molar-refractivity contribution in [3.05, 3.63) is 12.3 Å². The summed E-state index contributed by atoms with van der Waals surface area (Å²) in [7, 11) is 0. The van der Waals surface area contributed by atoms with Crippen molar-refractivity contribution in [3.8, 4) is 0 Å². The number of hydrogen-bond acceptors (Lipinski definition) is 2. The summed E-state index contributed by atoms with van der Waals surface area (Å²) in [5.41, 5.74) is 0. The van der Waals surface area contributed by atoms with Crippen molar-refractivity contribution in [2.24, 2.45) is 5.92 Å². The first-order valence-electron chi connectivity index (χ1n) is 3.18. The summed E-state index contributed by atoms with van der Waals surface area (Å²) in [4.78, 5) is 11.0. The number of rotatable bonds is 0. The van der Waals surface area contributed by atoms with Crippen LogP contribution in [0.15, 0.2) is 12.3 Å². The van der Waals surface area contributed by atoms with Gasteiger partial charge in [0, 0.05) is 5.92 Å². The number of carbonyl (C=O) groups is 1. The third-order valence-electron chi connectivity index (χ3n) is 1.61. The van der Waals surface area contributed by atoms with Gasteiger partial charge in [0.25, 0.3) is 0 Å². The maximum atomic E-state index is 11.0. The van der Waals surface area contributed by atoms with Gasteiger partial charge in [0.05, 0.1) is 6.04 Å². The van der Waals surface area contributed by atoms with E-state index in [0.717, 1.165) is 0 Å². The maximum absolute atomic E-state index is 11.0. The highest BCUT2D eigenvalue weighted by atomic mass is 16.1. The molecule has 0 aromatic carbocycles. The van der Waals surface area contributed by atoms with Gasteiger partial charge in [-0.3, -0.25) is 4.79 Å². The lowest BCUT2D eigenvalue weighted by Gasteiger charge is -2.18. The Morgan fingerprint density at radius 3 is 2.67 bits per heavy atom. The zero-order valence-corrected chi connectivity index (χ0v) is 5.72. The van der Waals surface area contributed by atoms with E-state index >= 15 is 0 Å². The molecular weight excluding hydrogens is 114 g/mol. The predicted molar refractivity (Wildman–Crippen MR) is 35.9 cm³/mol. The van der Waals surface area contributed by atoms with E-state index in [-0.39, 0.29) is 17.7 Å². The monoisotopic (exact) mass is 125 g/mol. The van der Waals surface area contributed by atoms with Crippen LogP contribution in [0.3, 0.4) is 0 Å². The first kappa shape index (κ1) is 6.33. The third kappa shape index (κ3) is 1.12. The molecule has 50 valence electrons. The number of carbonyl (C=O) groups excluding carboxylic acids is 1.